The normalized spacial score (nSPS) is 13.0. The summed E-state index contributed by atoms with van der Waals surface area (Å²) in [4.78, 5) is 4.37. The molecule has 0 aromatic carbocycles. The molecule has 0 aliphatic rings. The van der Waals surface area contributed by atoms with Gasteiger partial charge in [-0.3, -0.25) is 0 Å². The zero-order chi connectivity index (χ0) is 9.97. The number of fused-ring (bicyclic) bond motifs is 1. The molecule has 2 rings (SSSR count). The Kier molecular flexibility index (Phi) is 2.68. The van der Waals surface area contributed by atoms with Gasteiger partial charge in [-0.05, 0) is 36.2 Å². The fraction of sp³-hybridized carbons (Fsp3) is 0.364. The third-order valence-corrected chi connectivity index (χ3v) is 3.30. The van der Waals surface area contributed by atoms with E-state index >= 15 is 0 Å². The number of anilines is 1. The maximum atomic E-state index is 4.37. The number of thiophene rings is 1. The summed E-state index contributed by atoms with van der Waals surface area (Å²) in [5, 5.41) is 6.80. The standard InChI is InChI=1S/C11H14N2S/c1-3-8(2)13-11-10-9(4-6-12-11)5-7-14-10/h4-8H,3H2,1-2H3,(H,12,13). The Balaban J connectivity index is 2.36. The van der Waals surface area contributed by atoms with Crippen molar-refractivity contribution in [3.8, 4) is 0 Å². The summed E-state index contributed by atoms with van der Waals surface area (Å²) in [5.41, 5.74) is 0. The van der Waals surface area contributed by atoms with E-state index in [-0.39, 0.29) is 0 Å². The Morgan fingerprint density at radius 2 is 2.36 bits per heavy atom. The number of rotatable bonds is 3. The minimum atomic E-state index is 0.482. The van der Waals surface area contributed by atoms with Crippen molar-refractivity contribution in [2.75, 3.05) is 5.32 Å². The van der Waals surface area contributed by atoms with Crippen LogP contribution in [0.4, 0.5) is 5.82 Å². The number of nitrogens with one attached hydrogen (secondary N) is 1. The topological polar surface area (TPSA) is 24.9 Å². The molecule has 0 saturated carbocycles. The Labute approximate surface area is 88.0 Å². The first kappa shape index (κ1) is 9.46. The quantitative estimate of drug-likeness (QED) is 0.831. The zero-order valence-electron chi connectivity index (χ0n) is 8.45. The summed E-state index contributed by atoms with van der Waals surface area (Å²) in [6.07, 6.45) is 2.98. The number of hydrogen-bond acceptors (Lipinski definition) is 3. The van der Waals surface area contributed by atoms with Crippen molar-refractivity contribution < 1.29 is 0 Å². The Hall–Kier alpha value is -1.09. The van der Waals surface area contributed by atoms with E-state index in [4.69, 9.17) is 0 Å². The molecule has 2 aromatic rings. The molecule has 3 heteroatoms. The maximum absolute atomic E-state index is 4.37. The van der Waals surface area contributed by atoms with Gasteiger partial charge < -0.3 is 5.32 Å². The molecule has 2 nitrogen and oxygen atoms in total. The van der Waals surface area contributed by atoms with Crippen molar-refractivity contribution in [1.29, 1.82) is 0 Å². The van der Waals surface area contributed by atoms with Crippen LogP contribution in [-0.2, 0) is 0 Å². The van der Waals surface area contributed by atoms with Gasteiger partial charge in [-0.15, -0.1) is 11.3 Å². The maximum Gasteiger partial charge on any atom is 0.144 e. The van der Waals surface area contributed by atoms with E-state index in [0.717, 1.165) is 12.2 Å². The molecule has 2 heterocycles. The van der Waals surface area contributed by atoms with Gasteiger partial charge in [-0.1, -0.05) is 6.92 Å². The summed E-state index contributed by atoms with van der Waals surface area (Å²) in [7, 11) is 0. The monoisotopic (exact) mass is 206 g/mol. The van der Waals surface area contributed by atoms with Gasteiger partial charge in [0, 0.05) is 12.2 Å². The third-order valence-electron chi connectivity index (χ3n) is 2.36. The number of pyridine rings is 1. The molecule has 0 amide bonds. The molecule has 0 bridgehead atoms. The Bertz CT molecular complexity index is 422. The predicted molar refractivity (Wildman–Crippen MR) is 63.0 cm³/mol. The fourth-order valence-electron chi connectivity index (χ4n) is 1.33. The fourth-order valence-corrected chi connectivity index (χ4v) is 2.18. The summed E-state index contributed by atoms with van der Waals surface area (Å²) in [5.74, 6) is 1.02. The van der Waals surface area contributed by atoms with Crippen LogP contribution < -0.4 is 5.32 Å². The van der Waals surface area contributed by atoms with Crippen LogP contribution in [0.1, 0.15) is 20.3 Å². The lowest BCUT2D eigenvalue weighted by molar-refractivity contribution is 0.761. The molecule has 0 radical (unpaired) electrons. The van der Waals surface area contributed by atoms with Crippen molar-refractivity contribution in [2.45, 2.75) is 26.3 Å². The van der Waals surface area contributed by atoms with E-state index in [1.807, 2.05) is 12.3 Å². The highest BCUT2D eigenvalue weighted by Gasteiger charge is 2.05. The van der Waals surface area contributed by atoms with Crippen molar-refractivity contribution >= 4 is 27.2 Å². The summed E-state index contributed by atoms with van der Waals surface area (Å²) in [6, 6.07) is 4.66. The van der Waals surface area contributed by atoms with E-state index in [1.165, 1.54) is 10.1 Å². The summed E-state index contributed by atoms with van der Waals surface area (Å²) < 4.78 is 1.26. The Morgan fingerprint density at radius 1 is 1.50 bits per heavy atom. The van der Waals surface area contributed by atoms with Crippen LogP contribution in [-0.4, -0.2) is 11.0 Å². The second-order valence-corrected chi connectivity index (χ2v) is 4.37. The average molecular weight is 206 g/mol. The van der Waals surface area contributed by atoms with Gasteiger partial charge in [0.2, 0.25) is 0 Å². The van der Waals surface area contributed by atoms with E-state index in [2.05, 4.69) is 35.6 Å². The zero-order valence-corrected chi connectivity index (χ0v) is 9.27. The van der Waals surface area contributed by atoms with Crippen molar-refractivity contribution in [1.82, 2.24) is 4.98 Å². The molecule has 1 atom stereocenters. The van der Waals surface area contributed by atoms with Gasteiger partial charge in [-0.25, -0.2) is 4.98 Å². The van der Waals surface area contributed by atoms with Crippen LogP contribution in [0, 0.1) is 0 Å². The largest absolute Gasteiger partial charge is 0.366 e. The first-order valence-electron chi connectivity index (χ1n) is 4.90. The number of aromatic nitrogens is 1. The van der Waals surface area contributed by atoms with Crippen molar-refractivity contribution in [2.24, 2.45) is 0 Å². The van der Waals surface area contributed by atoms with Gasteiger partial charge >= 0.3 is 0 Å². The molecule has 0 aliphatic carbocycles. The van der Waals surface area contributed by atoms with Crippen molar-refractivity contribution in [3.63, 3.8) is 0 Å². The third kappa shape index (κ3) is 1.73. The molecule has 1 unspecified atom stereocenters. The van der Waals surface area contributed by atoms with Crippen LogP contribution >= 0.6 is 11.3 Å². The predicted octanol–water partition coefficient (Wildman–Crippen LogP) is 3.51. The molecule has 2 aromatic heterocycles. The highest BCUT2D eigenvalue weighted by atomic mass is 32.1. The molecular formula is C11H14N2S. The second-order valence-electron chi connectivity index (χ2n) is 3.45. The number of nitrogens with zero attached hydrogens (tertiary/aromatic N) is 1. The van der Waals surface area contributed by atoms with Crippen LogP contribution in [0.15, 0.2) is 23.7 Å². The molecular weight excluding hydrogens is 192 g/mol. The number of hydrogen-bond donors (Lipinski definition) is 1. The molecule has 74 valence electrons. The second kappa shape index (κ2) is 3.96. The lowest BCUT2D eigenvalue weighted by atomic mass is 10.2. The molecule has 0 aliphatic heterocycles. The van der Waals surface area contributed by atoms with Gasteiger partial charge in [0.05, 0.1) is 4.70 Å². The summed E-state index contributed by atoms with van der Waals surface area (Å²) in [6.45, 7) is 4.35. The minimum absolute atomic E-state index is 0.482. The van der Waals surface area contributed by atoms with E-state index in [0.29, 0.717) is 6.04 Å². The van der Waals surface area contributed by atoms with Gasteiger partial charge in [-0.2, -0.15) is 0 Å². The van der Waals surface area contributed by atoms with Gasteiger partial charge in [0.1, 0.15) is 5.82 Å². The van der Waals surface area contributed by atoms with Gasteiger partial charge in [0.25, 0.3) is 0 Å². The van der Waals surface area contributed by atoms with Crippen LogP contribution in [0.2, 0.25) is 0 Å². The lowest BCUT2D eigenvalue weighted by Gasteiger charge is -2.12. The van der Waals surface area contributed by atoms with E-state index < -0.39 is 0 Å². The first-order valence-corrected chi connectivity index (χ1v) is 5.78. The summed E-state index contributed by atoms with van der Waals surface area (Å²) >= 11 is 1.74. The minimum Gasteiger partial charge on any atom is -0.366 e. The van der Waals surface area contributed by atoms with Crippen LogP contribution in [0.3, 0.4) is 0 Å². The van der Waals surface area contributed by atoms with E-state index in [9.17, 15) is 0 Å². The molecule has 14 heavy (non-hydrogen) atoms. The van der Waals surface area contributed by atoms with E-state index in [1.54, 1.807) is 11.3 Å². The Morgan fingerprint density at radius 3 is 3.14 bits per heavy atom. The van der Waals surface area contributed by atoms with Gasteiger partial charge in [0.15, 0.2) is 0 Å². The molecule has 0 spiro atoms. The molecule has 0 saturated heterocycles. The SMILES string of the molecule is CCC(C)Nc1nccc2ccsc12. The average Bonchev–Trinajstić information content (AvgIpc) is 2.66. The highest BCUT2D eigenvalue weighted by Crippen LogP contribution is 2.26. The highest BCUT2D eigenvalue weighted by molar-refractivity contribution is 7.17. The van der Waals surface area contributed by atoms with Crippen LogP contribution in [0.25, 0.3) is 10.1 Å². The first-order chi connectivity index (χ1) is 6.81. The molecule has 0 fully saturated rings. The molecule has 1 N–H and O–H groups in total. The smallest absolute Gasteiger partial charge is 0.144 e. The van der Waals surface area contributed by atoms with Crippen LogP contribution in [0.5, 0.6) is 0 Å². The lowest BCUT2D eigenvalue weighted by Crippen LogP contribution is -2.14. The van der Waals surface area contributed by atoms with Crippen molar-refractivity contribution in [3.05, 3.63) is 23.7 Å².